The van der Waals surface area contributed by atoms with Crippen molar-refractivity contribution in [2.24, 2.45) is 17.8 Å². The van der Waals surface area contributed by atoms with Gasteiger partial charge in [0.2, 0.25) is 0 Å². The summed E-state index contributed by atoms with van der Waals surface area (Å²) in [6.45, 7) is 2.28. The number of likely N-dealkylation sites (tertiary alicyclic amines) is 1. The van der Waals surface area contributed by atoms with E-state index in [2.05, 4.69) is 4.90 Å². The highest BCUT2D eigenvalue weighted by atomic mass is 16.4. The number of nitrogens with zero attached hydrogens (tertiary/aromatic N) is 1. The molecule has 0 amide bonds. The molecule has 3 heteroatoms. The Labute approximate surface area is 116 Å². The van der Waals surface area contributed by atoms with Crippen LogP contribution in [0, 0.1) is 17.8 Å². The lowest BCUT2D eigenvalue weighted by atomic mass is 9.81. The van der Waals surface area contributed by atoms with Crippen LogP contribution in [0.5, 0.6) is 0 Å². The third-order valence-electron chi connectivity index (χ3n) is 5.60. The second-order valence-corrected chi connectivity index (χ2v) is 7.00. The molecule has 3 rings (SSSR count). The molecule has 2 aliphatic carbocycles. The fourth-order valence-electron chi connectivity index (χ4n) is 4.30. The second-order valence-electron chi connectivity index (χ2n) is 7.00. The first kappa shape index (κ1) is 13.4. The number of carboxylic acid groups (broad SMARTS) is 1. The first-order valence-electron chi connectivity index (χ1n) is 8.18. The van der Waals surface area contributed by atoms with Gasteiger partial charge in [0.15, 0.2) is 0 Å². The monoisotopic (exact) mass is 265 g/mol. The summed E-state index contributed by atoms with van der Waals surface area (Å²) in [5, 5.41) is 8.87. The fraction of sp³-hybridized carbons (Fsp3) is 0.938. The van der Waals surface area contributed by atoms with Gasteiger partial charge in [-0.05, 0) is 69.4 Å². The molecule has 0 aromatic heterocycles. The van der Waals surface area contributed by atoms with Gasteiger partial charge in [0, 0.05) is 12.5 Å². The average Bonchev–Trinajstić information content (AvgIpc) is 3.23. The summed E-state index contributed by atoms with van der Waals surface area (Å²) >= 11 is 0. The lowest BCUT2D eigenvalue weighted by molar-refractivity contribution is -0.138. The Hall–Kier alpha value is -0.570. The number of carbonyl (C=O) groups is 1. The maximum absolute atomic E-state index is 10.8. The third-order valence-corrected chi connectivity index (χ3v) is 5.60. The predicted molar refractivity (Wildman–Crippen MR) is 75.0 cm³/mol. The molecule has 19 heavy (non-hydrogen) atoms. The Morgan fingerprint density at radius 1 is 1.00 bits per heavy atom. The number of aliphatic carboxylic acids is 1. The van der Waals surface area contributed by atoms with Crippen LogP contribution in [0.15, 0.2) is 0 Å². The molecule has 0 aromatic rings. The molecule has 1 aliphatic heterocycles. The molecule has 3 aliphatic rings. The van der Waals surface area contributed by atoms with Gasteiger partial charge >= 0.3 is 5.97 Å². The highest BCUT2D eigenvalue weighted by Gasteiger charge is 2.37. The van der Waals surface area contributed by atoms with Crippen LogP contribution in [0.25, 0.3) is 0 Å². The molecule has 2 unspecified atom stereocenters. The summed E-state index contributed by atoms with van der Waals surface area (Å²) in [5.41, 5.74) is 0. The zero-order valence-corrected chi connectivity index (χ0v) is 11.9. The van der Waals surface area contributed by atoms with Crippen LogP contribution in [-0.4, -0.2) is 35.1 Å². The molecular weight excluding hydrogens is 238 g/mol. The van der Waals surface area contributed by atoms with Crippen LogP contribution in [-0.2, 0) is 4.79 Å². The van der Waals surface area contributed by atoms with E-state index in [1.807, 2.05) is 0 Å². The highest BCUT2D eigenvalue weighted by Crippen LogP contribution is 2.45. The van der Waals surface area contributed by atoms with Crippen molar-refractivity contribution in [3.63, 3.8) is 0 Å². The molecule has 1 N–H and O–H groups in total. The zero-order chi connectivity index (χ0) is 13.2. The van der Waals surface area contributed by atoms with Crippen molar-refractivity contribution >= 4 is 5.97 Å². The molecule has 0 bridgehead atoms. The molecule has 1 saturated heterocycles. The number of hydrogen-bond donors (Lipinski definition) is 1. The summed E-state index contributed by atoms with van der Waals surface area (Å²) in [5.74, 6) is 1.88. The minimum atomic E-state index is -0.620. The Morgan fingerprint density at radius 3 is 2.37 bits per heavy atom. The van der Waals surface area contributed by atoms with Gasteiger partial charge in [0.1, 0.15) is 0 Å². The van der Waals surface area contributed by atoms with Crippen molar-refractivity contribution in [2.75, 3.05) is 13.1 Å². The number of hydrogen-bond acceptors (Lipinski definition) is 2. The van der Waals surface area contributed by atoms with Gasteiger partial charge < -0.3 is 10.0 Å². The maximum Gasteiger partial charge on any atom is 0.303 e. The van der Waals surface area contributed by atoms with E-state index < -0.39 is 5.97 Å². The first-order valence-corrected chi connectivity index (χ1v) is 8.18. The fourth-order valence-corrected chi connectivity index (χ4v) is 4.30. The smallest absolute Gasteiger partial charge is 0.303 e. The zero-order valence-electron chi connectivity index (χ0n) is 11.9. The van der Waals surface area contributed by atoms with Crippen molar-refractivity contribution in [1.29, 1.82) is 0 Å². The maximum atomic E-state index is 10.8. The van der Waals surface area contributed by atoms with Crippen molar-refractivity contribution in [1.82, 2.24) is 4.90 Å². The van der Waals surface area contributed by atoms with E-state index in [4.69, 9.17) is 5.11 Å². The first-order chi connectivity index (χ1) is 9.22. The average molecular weight is 265 g/mol. The Balaban J connectivity index is 1.46. The van der Waals surface area contributed by atoms with E-state index in [-0.39, 0.29) is 0 Å². The van der Waals surface area contributed by atoms with Crippen LogP contribution in [0.1, 0.15) is 57.8 Å². The molecule has 0 aromatic carbocycles. The molecule has 108 valence electrons. The quantitative estimate of drug-likeness (QED) is 0.849. The highest BCUT2D eigenvalue weighted by molar-refractivity contribution is 5.67. The molecule has 0 radical (unpaired) electrons. The van der Waals surface area contributed by atoms with Gasteiger partial charge in [0.05, 0.1) is 0 Å². The van der Waals surface area contributed by atoms with E-state index in [1.54, 1.807) is 0 Å². The van der Waals surface area contributed by atoms with Gasteiger partial charge in [-0.25, -0.2) is 0 Å². The van der Waals surface area contributed by atoms with Crippen molar-refractivity contribution < 1.29 is 9.90 Å². The van der Waals surface area contributed by atoms with Gasteiger partial charge in [-0.15, -0.1) is 0 Å². The number of piperidine rings is 1. The number of carboxylic acids is 1. The number of rotatable bonds is 4. The lowest BCUT2D eigenvalue weighted by Gasteiger charge is -2.41. The molecular formula is C16H27NO2. The molecule has 3 fully saturated rings. The summed E-state index contributed by atoms with van der Waals surface area (Å²) in [6, 6.07) is 0.810. The van der Waals surface area contributed by atoms with Crippen LogP contribution in [0.2, 0.25) is 0 Å². The molecule has 0 spiro atoms. The van der Waals surface area contributed by atoms with Gasteiger partial charge in [-0.1, -0.05) is 12.8 Å². The minimum Gasteiger partial charge on any atom is -0.481 e. The Bertz CT molecular complexity index is 319. The summed E-state index contributed by atoms with van der Waals surface area (Å²) in [4.78, 5) is 13.4. The topological polar surface area (TPSA) is 40.5 Å². The second kappa shape index (κ2) is 5.82. The van der Waals surface area contributed by atoms with Gasteiger partial charge in [0.25, 0.3) is 0 Å². The van der Waals surface area contributed by atoms with Crippen LogP contribution >= 0.6 is 0 Å². The van der Waals surface area contributed by atoms with Crippen LogP contribution in [0.3, 0.4) is 0 Å². The third kappa shape index (κ3) is 3.50. The summed E-state index contributed by atoms with van der Waals surface area (Å²) in [6.07, 6.45) is 11.2. The minimum absolute atomic E-state index is 0.378. The van der Waals surface area contributed by atoms with Gasteiger partial charge in [-0.3, -0.25) is 4.79 Å². The summed E-state index contributed by atoms with van der Waals surface area (Å²) < 4.78 is 0. The van der Waals surface area contributed by atoms with Crippen LogP contribution in [0.4, 0.5) is 0 Å². The van der Waals surface area contributed by atoms with Crippen molar-refractivity contribution in [3.8, 4) is 0 Å². The Morgan fingerprint density at radius 2 is 1.74 bits per heavy atom. The standard InChI is InChI=1S/C16H27NO2/c18-16(19)10-12-6-8-17(9-7-12)15-3-1-2-14(11-15)13-4-5-13/h12-15H,1-11H2,(H,18,19). The van der Waals surface area contributed by atoms with E-state index in [9.17, 15) is 4.79 Å². The summed E-state index contributed by atoms with van der Waals surface area (Å²) in [7, 11) is 0. The van der Waals surface area contributed by atoms with E-state index in [0.29, 0.717) is 12.3 Å². The van der Waals surface area contributed by atoms with Crippen molar-refractivity contribution in [2.45, 2.75) is 63.8 Å². The molecule has 3 nitrogen and oxygen atoms in total. The molecule has 2 saturated carbocycles. The van der Waals surface area contributed by atoms with Crippen molar-refractivity contribution in [3.05, 3.63) is 0 Å². The molecule has 1 heterocycles. The van der Waals surface area contributed by atoms with E-state index in [0.717, 1.165) is 43.8 Å². The predicted octanol–water partition coefficient (Wildman–Crippen LogP) is 3.14. The van der Waals surface area contributed by atoms with Crippen LogP contribution < -0.4 is 0 Å². The largest absolute Gasteiger partial charge is 0.481 e. The Kier molecular flexibility index (Phi) is 4.11. The van der Waals surface area contributed by atoms with E-state index in [1.165, 1.54) is 38.5 Å². The van der Waals surface area contributed by atoms with Gasteiger partial charge in [-0.2, -0.15) is 0 Å². The van der Waals surface area contributed by atoms with E-state index >= 15 is 0 Å². The SMILES string of the molecule is O=C(O)CC1CCN(C2CCCC(C3CC3)C2)CC1. The normalized spacial score (nSPS) is 34.3. The lowest BCUT2D eigenvalue weighted by Crippen LogP contribution is -2.44. The molecule has 2 atom stereocenters.